The summed E-state index contributed by atoms with van der Waals surface area (Å²) in [6.07, 6.45) is 1.46. The third kappa shape index (κ3) is 5.41. The van der Waals surface area contributed by atoms with Crippen LogP contribution in [-0.2, 0) is 0 Å². The SMILES string of the molecule is CC(CCCO)NC(=O)Nc1ccccc1N1CCN(C)CC1. The smallest absolute Gasteiger partial charge is 0.319 e. The Morgan fingerprint density at radius 1 is 1.26 bits per heavy atom. The van der Waals surface area contributed by atoms with Gasteiger partial charge < -0.3 is 25.5 Å². The summed E-state index contributed by atoms with van der Waals surface area (Å²) in [5, 5.41) is 14.7. The van der Waals surface area contributed by atoms with Crippen molar-refractivity contribution in [2.45, 2.75) is 25.8 Å². The first-order valence-corrected chi connectivity index (χ1v) is 8.31. The number of amides is 2. The summed E-state index contributed by atoms with van der Waals surface area (Å²) >= 11 is 0. The number of likely N-dealkylation sites (N-methyl/N-ethyl adjacent to an activating group) is 1. The lowest BCUT2D eigenvalue weighted by molar-refractivity contribution is 0.245. The maximum absolute atomic E-state index is 12.2. The van der Waals surface area contributed by atoms with Gasteiger partial charge >= 0.3 is 6.03 Å². The molecule has 1 aromatic rings. The minimum atomic E-state index is -0.197. The first kappa shape index (κ1) is 17.6. The van der Waals surface area contributed by atoms with Gasteiger partial charge in [0, 0.05) is 38.8 Å². The number of hydrogen-bond donors (Lipinski definition) is 3. The van der Waals surface area contributed by atoms with Crippen LogP contribution in [0.4, 0.5) is 16.2 Å². The zero-order valence-corrected chi connectivity index (χ0v) is 14.1. The number of para-hydroxylation sites is 2. The second-order valence-electron chi connectivity index (χ2n) is 6.17. The average Bonchev–Trinajstić information content (AvgIpc) is 2.54. The highest BCUT2D eigenvalue weighted by atomic mass is 16.3. The Kier molecular flexibility index (Phi) is 6.67. The highest BCUT2D eigenvalue weighted by Gasteiger charge is 2.18. The summed E-state index contributed by atoms with van der Waals surface area (Å²) < 4.78 is 0. The van der Waals surface area contributed by atoms with Gasteiger partial charge in [-0.3, -0.25) is 0 Å². The molecular formula is C17H28N4O2. The Balaban J connectivity index is 1.96. The van der Waals surface area contributed by atoms with Gasteiger partial charge in [0.1, 0.15) is 0 Å². The van der Waals surface area contributed by atoms with Crippen molar-refractivity contribution < 1.29 is 9.90 Å². The number of rotatable bonds is 6. The van der Waals surface area contributed by atoms with Gasteiger partial charge in [-0.25, -0.2) is 4.79 Å². The van der Waals surface area contributed by atoms with Crippen molar-refractivity contribution in [3.63, 3.8) is 0 Å². The van der Waals surface area contributed by atoms with E-state index in [0.717, 1.165) is 44.0 Å². The van der Waals surface area contributed by atoms with Gasteiger partial charge in [0.15, 0.2) is 0 Å². The van der Waals surface area contributed by atoms with Gasteiger partial charge in [0.2, 0.25) is 0 Å². The molecule has 0 aliphatic carbocycles. The third-order valence-corrected chi connectivity index (χ3v) is 4.17. The average molecular weight is 320 g/mol. The molecule has 0 bridgehead atoms. The molecule has 1 heterocycles. The summed E-state index contributed by atoms with van der Waals surface area (Å²) in [5.74, 6) is 0. The summed E-state index contributed by atoms with van der Waals surface area (Å²) in [7, 11) is 2.13. The number of piperazine rings is 1. The molecule has 1 atom stereocenters. The molecule has 1 aromatic carbocycles. The van der Waals surface area contributed by atoms with Crippen molar-refractivity contribution in [2.24, 2.45) is 0 Å². The van der Waals surface area contributed by atoms with E-state index in [1.807, 2.05) is 25.1 Å². The van der Waals surface area contributed by atoms with E-state index in [4.69, 9.17) is 5.11 Å². The van der Waals surface area contributed by atoms with Crippen molar-refractivity contribution in [3.05, 3.63) is 24.3 Å². The predicted octanol–water partition coefficient (Wildman–Crippen LogP) is 1.72. The van der Waals surface area contributed by atoms with Crippen LogP contribution in [0.2, 0.25) is 0 Å². The lowest BCUT2D eigenvalue weighted by Crippen LogP contribution is -2.45. The predicted molar refractivity (Wildman–Crippen MR) is 94.1 cm³/mol. The molecule has 6 nitrogen and oxygen atoms in total. The minimum absolute atomic E-state index is 0.0398. The molecule has 2 rings (SSSR count). The maximum atomic E-state index is 12.2. The number of benzene rings is 1. The molecule has 3 N–H and O–H groups in total. The third-order valence-electron chi connectivity index (χ3n) is 4.17. The number of urea groups is 1. The highest BCUT2D eigenvalue weighted by Crippen LogP contribution is 2.26. The Morgan fingerprint density at radius 3 is 2.65 bits per heavy atom. The van der Waals surface area contributed by atoms with E-state index < -0.39 is 0 Å². The van der Waals surface area contributed by atoms with E-state index in [1.165, 1.54) is 0 Å². The van der Waals surface area contributed by atoms with Gasteiger partial charge in [-0.1, -0.05) is 12.1 Å². The van der Waals surface area contributed by atoms with E-state index in [0.29, 0.717) is 6.42 Å². The van der Waals surface area contributed by atoms with Crippen LogP contribution < -0.4 is 15.5 Å². The molecular weight excluding hydrogens is 292 g/mol. The van der Waals surface area contributed by atoms with Crippen molar-refractivity contribution in [1.29, 1.82) is 0 Å². The number of carbonyl (C=O) groups is 1. The Bertz CT molecular complexity index is 501. The molecule has 2 amide bonds. The maximum Gasteiger partial charge on any atom is 0.319 e. The van der Waals surface area contributed by atoms with Crippen LogP contribution in [0.25, 0.3) is 0 Å². The molecule has 0 radical (unpaired) electrons. The number of carbonyl (C=O) groups excluding carboxylic acids is 1. The molecule has 1 fully saturated rings. The molecule has 1 saturated heterocycles. The second-order valence-corrected chi connectivity index (χ2v) is 6.17. The minimum Gasteiger partial charge on any atom is -0.396 e. The number of aliphatic hydroxyl groups is 1. The molecule has 23 heavy (non-hydrogen) atoms. The fourth-order valence-corrected chi connectivity index (χ4v) is 2.75. The van der Waals surface area contributed by atoms with Crippen LogP contribution >= 0.6 is 0 Å². The quantitative estimate of drug-likeness (QED) is 0.746. The van der Waals surface area contributed by atoms with E-state index in [-0.39, 0.29) is 18.7 Å². The Morgan fingerprint density at radius 2 is 1.96 bits per heavy atom. The fourth-order valence-electron chi connectivity index (χ4n) is 2.75. The van der Waals surface area contributed by atoms with Crippen LogP contribution in [0.15, 0.2) is 24.3 Å². The molecule has 0 saturated carbocycles. The normalized spacial score (nSPS) is 16.9. The van der Waals surface area contributed by atoms with Crippen molar-refractivity contribution in [2.75, 3.05) is 50.1 Å². The van der Waals surface area contributed by atoms with Gasteiger partial charge in [-0.2, -0.15) is 0 Å². The second kappa shape index (κ2) is 8.74. The van der Waals surface area contributed by atoms with Gasteiger partial charge in [-0.05, 0) is 38.9 Å². The number of nitrogens with zero attached hydrogens (tertiary/aromatic N) is 2. The summed E-state index contributed by atoms with van der Waals surface area (Å²) in [5.41, 5.74) is 1.91. The zero-order chi connectivity index (χ0) is 16.7. The summed E-state index contributed by atoms with van der Waals surface area (Å²) in [6, 6.07) is 7.77. The van der Waals surface area contributed by atoms with Crippen molar-refractivity contribution in [1.82, 2.24) is 10.2 Å². The molecule has 1 unspecified atom stereocenters. The molecule has 0 spiro atoms. The fraction of sp³-hybridized carbons (Fsp3) is 0.588. The van der Waals surface area contributed by atoms with E-state index in [1.54, 1.807) is 0 Å². The molecule has 6 heteroatoms. The Labute approximate surface area is 138 Å². The Hall–Kier alpha value is -1.79. The zero-order valence-electron chi connectivity index (χ0n) is 14.1. The number of nitrogens with one attached hydrogen (secondary N) is 2. The molecule has 1 aliphatic rings. The van der Waals surface area contributed by atoms with Crippen LogP contribution in [-0.4, -0.2) is 61.9 Å². The van der Waals surface area contributed by atoms with Crippen molar-refractivity contribution >= 4 is 17.4 Å². The van der Waals surface area contributed by atoms with Crippen LogP contribution in [0, 0.1) is 0 Å². The summed E-state index contributed by atoms with van der Waals surface area (Å²) in [6.45, 7) is 6.08. The van der Waals surface area contributed by atoms with E-state index >= 15 is 0 Å². The number of aliphatic hydroxyl groups excluding tert-OH is 1. The van der Waals surface area contributed by atoms with Crippen LogP contribution in [0.5, 0.6) is 0 Å². The first-order chi connectivity index (χ1) is 11.1. The first-order valence-electron chi connectivity index (χ1n) is 8.31. The van der Waals surface area contributed by atoms with E-state index in [2.05, 4.69) is 33.5 Å². The molecule has 0 aromatic heterocycles. The lowest BCUT2D eigenvalue weighted by atomic mass is 10.2. The summed E-state index contributed by atoms with van der Waals surface area (Å²) in [4.78, 5) is 16.8. The lowest BCUT2D eigenvalue weighted by Gasteiger charge is -2.35. The molecule has 128 valence electrons. The number of anilines is 2. The topological polar surface area (TPSA) is 67.8 Å². The van der Waals surface area contributed by atoms with Gasteiger partial charge in [0.05, 0.1) is 11.4 Å². The molecule has 1 aliphatic heterocycles. The van der Waals surface area contributed by atoms with Crippen LogP contribution in [0.1, 0.15) is 19.8 Å². The van der Waals surface area contributed by atoms with E-state index in [9.17, 15) is 4.79 Å². The van der Waals surface area contributed by atoms with Crippen molar-refractivity contribution in [3.8, 4) is 0 Å². The number of hydrogen-bond acceptors (Lipinski definition) is 4. The van der Waals surface area contributed by atoms with Crippen LogP contribution in [0.3, 0.4) is 0 Å². The largest absolute Gasteiger partial charge is 0.396 e. The standard InChI is InChI=1S/C17H28N4O2/c1-14(6-5-13-22)18-17(23)19-15-7-3-4-8-16(15)21-11-9-20(2)10-12-21/h3-4,7-8,14,22H,5-6,9-13H2,1-2H3,(H2,18,19,23). The van der Waals surface area contributed by atoms with Gasteiger partial charge in [0.25, 0.3) is 0 Å². The monoisotopic (exact) mass is 320 g/mol. The van der Waals surface area contributed by atoms with Gasteiger partial charge in [-0.15, -0.1) is 0 Å². The highest BCUT2D eigenvalue weighted by molar-refractivity contribution is 5.93.